The number of nitrogens with zero attached hydrogens (tertiary/aromatic N) is 1. The maximum absolute atomic E-state index is 12.7. The van der Waals surface area contributed by atoms with Gasteiger partial charge in [-0.1, -0.05) is 6.08 Å². The molecule has 0 aromatic rings. The third-order valence-corrected chi connectivity index (χ3v) is 2.42. The van der Waals surface area contributed by atoms with Gasteiger partial charge in [0.1, 0.15) is 6.17 Å². The molecule has 2 aliphatic rings. The molecule has 0 aromatic carbocycles. The molecule has 2 atom stereocenters. The minimum atomic E-state index is -0.603. The second-order valence-corrected chi connectivity index (χ2v) is 3.23. The molecule has 10 heavy (non-hydrogen) atoms. The minimum Gasteiger partial charge on any atom is -0.369 e. The van der Waals surface area contributed by atoms with Crippen LogP contribution in [0.5, 0.6) is 0 Å². The summed E-state index contributed by atoms with van der Waals surface area (Å²) in [7, 11) is 0. The van der Waals surface area contributed by atoms with Crippen molar-refractivity contribution in [1.29, 1.82) is 0 Å². The minimum absolute atomic E-state index is 0.552. The highest BCUT2D eigenvalue weighted by Crippen LogP contribution is 2.32. The molecule has 0 aliphatic carbocycles. The first-order valence-electron chi connectivity index (χ1n) is 3.87. The molecule has 56 valence electrons. The van der Waals surface area contributed by atoms with Crippen LogP contribution in [0, 0.1) is 0 Å². The Bertz CT molecular complexity index is 176. The standard InChI is InChI=1S/C8H12FN/c1-6-2-3-8-4-7(9)5-10(6)8/h3,6-7H,2,4-5H2,1H3/t6?,7-/m1/s1. The summed E-state index contributed by atoms with van der Waals surface area (Å²) in [6.45, 7) is 2.79. The maximum Gasteiger partial charge on any atom is 0.123 e. The summed E-state index contributed by atoms with van der Waals surface area (Å²) < 4.78 is 12.7. The Morgan fingerprint density at radius 3 is 3.20 bits per heavy atom. The van der Waals surface area contributed by atoms with Crippen LogP contribution in [-0.4, -0.2) is 23.7 Å². The van der Waals surface area contributed by atoms with Gasteiger partial charge in [0.2, 0.25) is 0 Å². The van der Waals surface area contributed by atoms with Crippen LogP contribution in [0.3, 0.4) is 0 Å². The quantitative estimate of drug-likeness (QED) is 0.496. The van der Waals surface area contributed by atoms with E-state index in [9.17, 15) is 4.39 Å². The lowest BCUT2D eigenvalue weighted by Crippen LogP contribution is -2.25. The molecule has 2 heterocycles. The van der Waals surface area contributed by atoms with Gasteiger partial charge in [-0.15, -0.1) is 0 Å². The van der Waals surface area contributed by atoms with E-state index in [1.165, 1.54) is 5.70 Å². The fourth-order valence-corrected chi connectivity index (χ4v) is 1.84. The van der Waals surface area contributed by atoms with Gasteiger partial charge in [-0.3, -0.25) is 0 Å². The number of alkyl halides is 1. The summed E-state index contributed by atoms with van der Waals surface area (Å²) in [4.78, 5) is 2.19. The fraction of sp³-hybridized carbons (Fsp3) is 0.750. The lowest BCUT2D eigenvalue weighted by atomic mass is 10.2. The van der Waals surface area contributed by atoms with Crippen LogP contribution >= 0.6 is 0 Å². The van der Waals surface area contributed by atoms with Gasteiger partial charge in [0.25, 0.3) is 0 Å². The summed E-state index contributed by atoms with van der Waals surface area (Å²) in [5.41, 5.74) is 1.24. The smallest absolute Gasteiger partial charge is 0.123 e. The summed E-state index contributed by atoms with van der Waals surface area (Å²) in [6.07, 6.45) is 3.34. The number of rotatable bonds is 0. The molecule has 1 fully saturated rings. The van der Waals surface area contributed by atoms with Crippen molar-refractivity contribution in [3.8, 4) is 0 Å². The second kappa shape index (κ2) is 1.97. The van der Waals surface area contributed by atoms with Crippen molar-refractivity contribution >= 4 is 0 Å². The maximum atomic E-state index is 12.7. The van der Waals surface area contributed by atoms with E-state index in [4.69, 9.17) is 0 Å². The van der Waals surface area contributed by atoms with Crippen LogP contribution in [0.1, 0.15) is 19.8 Å². The van der Waals surface area contributed by atoms with Gasteiger partial charge in [0, 0.05) is 24.7 Å². The third kappa shape index (κ3) is 0.746. The normalized spacial score (nSPS) is 38.2. The number of allylic oxidation sites excluding steroid dienone is 1. The number of halogens is 1. The predicted octanol–water partition coefficient (Wildman–Crippen LogP) is 1.71. The van der Waals surface area contributed by atoms with Crippen molar-refractivity contribution < 1.29 is 4.39 Å². The molecular formula is C8H12FN. The summed E-state index contributed by atoms with van der Waals surface area (Å²) >= 11 is 0. The molecule has 1 nitrogen and oxygen atoms in total. The molecule has 0 radical (unpaired) electrons. The molecule has 0 N–H and O–H groups in total. The molecule has 0 amide bonds. The average molecular weight is 141 g/mol. The van der Waals surface area contributed by atoms with Gasteiger partial charge in [0.15, 0.2) is 0 Å². The summed E-state index contributed by atoms with van der Waals surface area (Å²) in [5, 5.41) is 0. The van der Waals surface area contributed by atoms with Crippen LogP contribution in [0.25, 0.3) is 0 Å². The van der Waals surface area contributed by atoms with Gasteiger partial charge in [0.05, 0.1) is 0 Å². The van der Waals surface area contributed by atoms with Crippen molar-refractivity contribution in [2.75, 3.05) is 6.54 Å². The number of hydrogen-bond acceptors (Lipinski definition) is 1. The van der Waals surface area contributed by atoms with Crippen LogP contribution in [0.2, 0.25) is 0 Å². The van der Waals surface area contributed by atoms with Gasteiger partial charge >= 0.3 is 0 Å². The molecule has 2 heteroatoms. The zero-order chi connectivity index (χ0) is 7.14. The van der Waals surface area contributed by atoms with E-state index in [0.29, 0.717) is 19.0 Å². The van der Waals surface area contributed by atoms with Gasteiger partial charge in [-0.05, 0) is 13.3 Å². The molecule has 0 saturated carbocycles. The summed E-state index contributed by atoms with van der Waals surface area (Å²) in [6, 6.07) is 0.552. The SMILES string of the molecule is CC1CC=C2C[C@@H](F)CN21. The topological polar surface area (TPSA) is 3.24 Å². The molecule has 1 saturated heterocycles. The Balaban J connectivity index is 2.16. The van der Waals surface area contributed by atoms with Crippen molar-refractivity contribution in [3.05, 3.63) is 11.8 Å². The van der Waals surface area contributed by atoms with Crippen molar-refractivity contribution in [2.24, 2.45) is 0 Å². The first kappa shape index (κ1) is 6.20. The Hall–Kier alpha value is -0.530. The highest BCUT2D eigenvalue weighted by Gasteiger charge is 2.32. The fourth-order valence-electron chi connectivity index (χ4n) is 1.84. The van der Waals surface area contributed by atoms with Crippen molar-refractivity contribution in [3.63, 3.8) is 0 Å². The van der Waals surface area contributed by atoms with Crippen LogP contribution in [0.15, 0.2) is 11.8 Å². The monoisotopic (exact) mass is 141 g/mol. The van der Waals surface area contributed by atoms with Crippen LogP contribution in [-0.2, 0) is 0 Å². The largest absolute Gasteiger partial charge is 0.369 e. The third-order valence-electron chi connectivity index (χ3n) is 2.42. The average Bonchev–Trinajstić information content (AvgIpc) is 2.35. The van der Waals surface area contributed by atoms with E-state index in [1.807, 2.05) is 0 Å². The van der Waals surface area contributed by atoms with E-state index in [1.54, 1.807) is 0 Å². The molecule has 2 rings (SSSR count). The molecule has 0 spiro atoms. The van der Waals surface area contributed by atoms with E-state index in [2.05, 4.69) is 17.9 Å². The van der Waals surface area contributed by atoms with E-state index >= 15 is 0 Å². The first-order chi connectivity index (χ1) is 4.77. The first-order valence-corrected chi connectivity index (χ1v) is 3.87. The molecular weight excluding hydrogens is 129 g/mol. The lowest BCUT2D eigenvalue weighted by Gasteiger charge is -2.19. The van der Waals surface area contributed by atoms with Crippen molar-refractivity contribution in [1.82, 2.24) is 4.90 Å². The van der Waals surface area contributed by atoms with E-state index < -0.39 is 6.17 Å². The van der Waals surface area contributed by atoms with Gasteiger partial charge < -0.3 is 4.90 Å². The molecule has 0 aromatic heterocycles. The Kier molecular flexibility index (Phi) is 1.22. The Morgan fingerprint density at radius 2 is 2.50 bits per heavy atom. The number of fused-ring (bicyclic) bond motifs is 1. The lowest BCUT2D eigenvalue weighted by molar-refractivity contribution is 0.269. The van der Waals surface area contributed by atoms with Crippen molar-refractivity contribution in [2.45, 2.75) is 32.0 Å². The zero-order valence-electron chi connectivity index (χ0n) is 6.18. The van der Waals surface area contributed by atoms with Gasteiger partial charge in [-0.2, -0.15) is 0 Å². The van der Waals surface area contributed by atoms with E-state index in [0.717, 1.165) is 6.42 Å². The molecule has 2 aliphatic heterocycles. The Morgan fingerprint density at radius 1 is 1.70 bits per heavy atom. The van der Waals surface area contributed by atoms with E-state index in [-0.39, 0.29) is 0 Å². The second-order valence-electron chi connectivity index (χ2n) is 3.23. The highest BCUT2D eigenvalue weighted by molar-refractivity contribution is 5.16. The molecule has 0 bridgehead atoms. The van der Waals surface area contributed by atoms with Gasteiger partial charge in [-0.25, -0.2) is 4.39 Å². The highest BCUT2D eigenvalue weighted by atomic mass is 19.1. The zero-order valence-corrected chi connectivity index (χ0v) is 6.18. The number of hydrogen-bond donors (Lipinski definition) is 0. The predicted molar refractivity (Wildman–Crippen MR) is 38.4 cm³/mol. The van der Waals surface area contributed by atoms with Crippen LogP contribution in [0.4, 0.5) is 4.39 Å². The summed E-state index contributed by atoms with van der Waals surface area (Å²) in [5.74, 6) is 0. The Labute approximate surface area is 60.5 Å². The molecule has 1 unspecified atom stereocenters. The van der Waals surface area contributed by atoms with Crippen LogP contribution < -0.4 is 0 Å².